The third-order valence-corrected chi connectivity index (χ3v) is 3.91. The molecule has 0 spiro atoms. The van der Waals surface area contributed by atoms with Gasteiger partial charge in [0.25, 0.3) is 5.91 Å². The minimum Gasteiger partial charge on any atom is -0.376 e. The van der Waals surface area contributed by atoms with Crippen LogP contribution in [0.4, 0.5) is 11.5 Å². The SMILES string of the molecule is O=C(Nc1ccc(NCC2CCCO2)nc1)c1ccc(Cl)cc1. The Bertz CT molecular complexity index is 653. The van der Waals surface area contributed by atoms with Crippen LogP contribution in [-0.4, -0.2) is 30.1 Å². The second kappa shape index (κ2) is 7.44. The van der Waals surface area contributed by atoms with Crippen LogP contribution in [0.15, 0.2) is 42.6 Å². The summed E-state index contributed by atoms with van der Waals surface area (Å²) < 4.78 is 5.55. The van der Waals surface area contributed by atoms with Gasteiger partial charge in [-0.1, -0.05) is 11.6 Å². The van der Waals surface area contributed by atoms with Crippen LogP contribution >= 0.6 is 11.6 Å². The lowest BCUT2D eigenvalue weighted by atomic mass is 10.2. The number of nitrogens with zero attached hydrogens (tertiary/aromatic N) is 1. The number of nitrogens with one attached hydrogen (secondary N) is 2. The fourth-order valence-electron chi connectivity index (χ4n) is 2.40. The molecule has 1 amide bonds. The van der Waals surface area contributed by atoms with E-state index in [0.29, 0.717) is 16.3 Å². The molecule has 0 aliphatic carbocycles. The van der Waals surface area contributed by atoms with Crippen molar-refractivity contribution in [2.75, 3.05) is 23.8 Å². The first-order chi connectivity index (χ1) is 11.2. The van der Waals surface area contributed by atoms with Crippen molar-refractivity contribution in [3.63, 3.8) is 0 Å². The zero-order valence-corrected chi connectivity index (χ0v) is 13.3. The van der Waals surface area contributed by atoms with Gasteiger partial charge in [-0.25, -0.2) is 4.98 Å². The van der Waals surface area contributed by atoms with E-state index in [2.05, 4.69) is 15.6 Å². The Labute approximate surface area is 140 Å². The molecule has 2 N–H and O–H groups in total. The number of halogens is 1. The van der Waals surface area contributed by atoms with Crippen LogP contribution in [0, 0.1) is 0 Å². The monoisotopic (exact) mass is 331 g/mol. The predicted octanol–water partition coefficient (Wildman–Crippen LogP) is 3.58. The molecule has 2 aromatic rings. The summed E-state index contributed by atoms with van der Waals surface area (Å²) in [6.07, 6.45) is 4.10. The molecule has 1 aliphatic rings. The van der Waals surface area contributed by atoms with Crippen LogP contribution in [0.5, 0.6) is 0 Å². The maximum absolute atomic E-state index is 12.1. The van der Waals surface area contributed by atoms with Gasteiger partial charge in [-0.05, 0) is 49.2 Å². The number of ether oxygens (including phenoxy) is 1. The van der Waals surface area contributed by atoms with E-state index in [1.807, 2.05) is 12.1 Å². The van der Waals surface area contributed by atoms with Gasteiger partial charge in [-0.3, -0.25) is 4.79 Å². The van der Waals surface area contributed by atoms with E-state index in [1.165, 1.54) is 0 Å². The second-order valence-electron chi connectivity index (χ2n) is 5.41. The highest BCUT2D eigenvalue weighted by Crippen LogP contribution is 2.15. The molecule has 6 heteroatoms. The van der Waals surface area contributed by atoms with Crippen molar-refractivity contribution < 1.29 is 9.53 Å². The van der Waals surface area contributed by atoms with Crippen molar-refractivity contribution in [3.05, 3.63) is 53.2 Å². The second-order valence-corrected chi connectivity index (χ2v) is 5.85. The molecule has 3 rings (SSSR count). The molecular formula is C17H18ClN3O2. The Balaban J connectivity index is 1.54. The number of carbonyl (C=O) groups is 1. The summed E-state index contributed by atoms with van der Waals surface area (Å²) in [5.74, 6) is 0.577. The van der Waals surface area contributed by atoms with E-state index in [0.717, 1.165) is 31.8 Å². The normalized spacial score (nSPS) is 17.0. The van der Waals surface area contributed by atoms with E-state index >= 15 is 0 Å². The maximum Gasteiger partial charge on any atom is 0.255 e. The number of pyridine rings is 1. The molecule has 1 aromatic carbocycles. The molecule has 0 saturated carbocycles. The number of amides is 1. The summed E-state index contributed by atoms with van der Waals surface area (Å²) in [5.41, 5.74) is 1.20. The third kappa shape index (κ3) is 4.43. The van der Waals surface area contributed by atoms with Crippen molar-refractivity contribution in [1.29, 1.82) is 0 Å². The number of hydrogen-bond donors (Lipinski definition) is 2. The lowest BCUT2D eigenvalue weighted by Crippen LogP contribution is -2.19. The summed E-state index contributed by atoms with van der Waals surface area (Å²) in [4.78, 5) is 16.4. The highest BCUT2D eigenvalue weighted by atomic mass is 35.5. The van der Waals surface area contributed by atoms with Gasteiger partial charge in [0.05, 0.1) is 18.0 Å². The number of benzene rings is 1. The fraction of sp³-hybridized carbons (Fsp3) is 0.294. The third-order valence-electron chi connectivity index (χ3n) is 3.66. The number of rotatable bonds is 5. The average Bonchev–Trinajstić information content (AvgIpc) is 3.08. The zero-order chi connectivity index (χ0) is 16.1. The molecule has 1 aliphatic heterocycles. The highest BCUT2D eigenvalue weighted by Gasteiger charge is 2.15. The van der Waals surface area contributed by atoms with Crippen LogP contribution in [0.1, 0.15) is 23.2 Å². The van der Waals surface area contributed by atoms with E-state index in [4.69, 9.17) is 16.3 Å². The summed E-state index contributed by atoms with van der Waals surface area (Å²) in [7, 11) is 0. The van der Waals surface area contributed by atoms with Gasteiger partial charge in [-0.15, -0.1) is 0 Å². The Morgan fingerprint density at radius 1 is 1.26 bits per heavy atom. The minimum atomic E-state index is -0.191. The van der Waals surface area contributed by atoms with Crippen LogP contribution in [0.25, 0.3) is 0 Å². The molecule has 120 valence electrons. The van der Waals surface area contributed by atoms with Crippen molar-refractivity contribution in [3.8, 4) is 0 Å². The van der Waals surface area contributed by atoms with Gasteiger partial charge in [0.15, 0.2) is 0 Å². The Morgan fingerprint density at radius 3 is 2.74 bits per heavy atom. The number of hydrogen-bond acceptors (Lipinski definition) is 4. The summed E-state index contributed by atoms with van der Waals surface area (Å²) in [6.45, 7) is 1.60. The standard InChI is InChI=1S/C17H18ClN3O2/c18-13-5-3-12(4-6-13)17(22)21-14-7-8-16(19-10-14)20-11-15-2-1-9-23-15/h3-8,10,15H,1-2,9,11H2,(H,19,20)(H,21,22). The minimum absolute atomic E-state index is 0.191. The quantitative estimate of drug-likeness (QED) is 0.879. The predicted molar refractivity (Wildman–Crippen MR) is 91.1 cm³/mol. The summed E-state index contributed by atoms with van der Waals surface area (Å²) in [6, 6.07) is 10.4. The van der Waals surface area contributed by atoms with Crippen LogP contribution < -0.4 is 10.6 Å². The first kappa shape index (κ1) is 15.8. The average molecular weight is 332 g/mol. The number of anilines is 2. The molecule has 0 bridgehead atoms. The van der Waals surface area contributed by atoms with Crippen LogP contribution in [0.3, 0.4) is 0 Å². The van der Waals surface area contributed by atoms with Crippen molar-refractivity contribution in [2.45, 2.75) is 18.9 Å². The number of aromatic nitrogens is 1. The van der Waals surface area contributed by atoms with E-state index in [-0.39, 0.29) is 12.0 Å². The lowest BCUT2D eigenvalue weighted by Gasteiger charge is -2.11. The first-order valence-electron chi connectivity index (χ1n) is 7.59. The van der Waals surface area contributed by atoms with Crippen LogP contribution in [0.2, 0.25) is 5.02 Å². The Hall–Kier alpha value is -2.11. The van der Waals surface area contributed by atoms with Gasteiger partial charge in [0, 0.05) is 23.7 Å². The molecule has 1 unspecified atom stereocenters. The molecule has 0 radical (unpaired) electrons. The van der Waals surface area contributed by atoms with Gasteiger partial charge < -0.3 is 15.4 Å². The topological polar surface area (TPSA) is 63.2 Å². The van der Waals surface area contributed by atoms with Crippen molar-refractivity contribution >= 4 is 29.0 Å². The van der Waals surface area contributed by atoms with Crippen molar-refractivity contribution in [2.24, 2.45) is 0 Å². The zero-order valence-electron chi connectivity index (χ0n) is 12.6. The van der Waals surface area contributed by atoms with Gasteiger partial charge in [0.2, 0.25) is 0 Å². The van der Waals surface area contributed by atoms with Crippen molar-refractivity contribution in [1.82, 2.24) is 4.98 Å². The molecule has 23 heavy (non-hydrogen) atoms. The van der Waals surface area contributed by atoms with Crippen LogP contribution in [-0.2, 0) is 4.74 Å². The molecule has 1 atom stereocenters. The van der Waals surface area contributed by atoms with Gasteiger partial charge >= 0.3 is 0 Å². The smallest absolute Gasteiger partial charge is 0.255 e. The highest BCUT2D eigenvalue weighted by molar-refractivity contribution is 6.30. The summed E-state index contributed by atoms with van der Waals surface area (Å²) in [5, 5.41) is 6.65. The van der Waals surface area contributed by atoms with Gasteiger partial charge in [0.1, 0.15) is 5.82 Å². The van der Waals surface area contributed by atoms with Gasteiger partial charge in [-0.2, -0.15) is 0 Å². The summed E-state index contributed by atoms with van der Waals surface area (Å²) >= 11 is 5.81. The number of carbonyl (C=O) groups excluding carboxylic acids is 1. The molecular weight excluding hydrogens is 314 g/mol. The molecule has 2 heterocycles. The Morgan fingerprint density at radius 2 is 2.09 bits per heavy atom. The Kier molecular flexibility index (Phi) is 5.10. The molecule has 1 aromatic heterocycles. The maximum atomic E-state index is 12.1. The van der Waals surface area contributed by atoms with E-state index in [9.17, 15) is 4.79 Å². The molecule has 1 saturated heterocycles. The first-order valence-corrected chi connectivity index (χ1v) is 7.97. The molecule has 5 nitrogen and oxygen atoms in total. The van der Waals surface area contributed by atoms with E-state index < -0.39 is 0 Å². The lowest BCUT2D eigenvalue weighted by molar-refractivity contribution is 0.102. The molecule has 1 fully saturated rings. The largest absolute Gasteiger partial charge is 0.376 e. The fourth-order valence-corrected chi connectivity index (χ4v) is 2.53. The van der Waals surface area contributed by atoms with E-state index in [1.54, 1.807) is 30.5 Å².